The number of phenolic OH excluding ortho intramolecular Hbond substituents is 1. The number of rotatable bonds is 5. The van der Waals surface area contributed by atoms with Crippen LogP contribution in [0.3, 0.4) is 0 Å². The summed E-state index contributed by atoms with van der Waals surface area (Å²) in [4.78, 5) is 71.6. The fourth-order valence-corrected chi connectivity index (χ4v) is 7.90. The maximum Gasteiger partial charge on any atom is 0.407 e. The van der Waals surface area contributed by atoms with Crippen molar-refractivity contribution in [3.8, 4) is 11.5 Å². The first kappa shape index (κ1) is 45.0. The number of alkyl carbamates (subject to hydrolysis) is 1. The van der Waals surface area contributed by atoms with E-state index < -0.39 is 100 Å². The van der Waals surface area contributed by atoms with Crippen LogP contribution in [0.2, 0.25) is 0 Å². The van der Waals surface area contributed by atoms with Gasteiger partial charge in [-0.1, -0.05) is 45.9 Å². The molecule has 0 radical (unpaired) electrons. The van der Waals surface area contributed by atoms with E-state index in [1.54, 1.807) is 44.7 Å². The Morgan fingerprint density at radius 1 is 0.966 bits per heavy atom. The van der Waals surface area contributed by atoms with Gasteiger partial charge < -0.3 is 59.6 Å². The van der Waals surface area contributed by atoms with Gasteiger partial charge in [0.1, 0.15) is 29.0 Å². The standard InChI is InChI=1S/C42H55N3O14/c1-20-10-9-11-21(2)40(53)44-30-31(45-14-18-56-19-15-45)36(51)27-28(35(30)50)34(49)25(6)38-29(27)39(52)42(7,59-38)57-17-12-26(55-8)22(3)37(58-41(54)43-13-16-46)24(5)33(48)23(4)32(20)47/h9-12,17,20,22-24,26,32-33,37,46-49H,13-16,18-19H2,1-8H3,(H,43,54)(H,44,53)/t20-,22+,23+,24+,26-,32-,33+,37+,42-/m0/s1. The van der Waals surface area contributed by atoms with Gasteiger partial charge in [0.15, 0.2) is 0 Å². The molecule has 1 fully saturated rings. The number of nitrogens with one attached hydrogen (secondary N) is 2. The van der Waals surface area contributed by atoms with Crippen molar-refractivity contribution in [2.45, 2.75) is 78.7 Å². The van der Waals surface area contributed by atoms with Gasteiger partial charge in [-0.15, -0.1) is 0 Å². The van der Waals surface area contributed by atoms with E-state index in [-0.39, 0.29) is 73.3 Å². The van der Waals surface area contributed by atoms with Gasteiger partial charge in [0.25, 0.3) is 11.7 Å². The molecular formula is C42H55N3O14. The molecule has 5 aliphatic rings. The van der Waals surface area contributed by atoms with Crippen LogP contribution in [0.15, 0.2) is 47.5 Å². The normalized spacial score (nSPS) is 30.8. The molecule has 59 heavy (non-hydrogen) atoms. The van der Waals surface area contributed by atoms with Crippen molar-refractivity contribution in [3.05, 3.63) is 69.8 Å². The maximum absolute atomic E-state index is 14.7. The largest absolute Gasteiger partial charge is 0.507 e. The minimum atomic E-state index is -2.11. The molecular weight excluding hydrogens is 770 g/mol. The van der Waals surface area contributed by atoms with Crippen LogP contribution in [0.1, 0.15) is 78.2 Å². The number of aliphatic hydroxyl groups excluding tert-OH is 3. The third-order valence-electron chi connectivity index (χ3n) is 11.6. The average Bonchev–Trinajstić information content (AvgIpc) is 3.48. The number of morpholine rings is 1. The molecule has 0 spiro atoms. The van der Waals surface area contributed by atoms with Gasteiger partial charge in [0.2, 0.25) is 11.6 Å². The quantitative estimate of drug-likeness (QED) is 0.250. The number of amides is 2. The Morgan fingerprint density at radius 3 is 2.29 bits per heavy atom. The van der Waals surface area contributed by atoms with E-state index in [1.807, 2.05) is 0 Å². The number of phenols is 1. The lowest BCUT2D eigenvalue weighted by molar-refractivity contribution is -0.116. The summed E-state index contributed by atoms with van der Waals surface area (Å²) in [5, 5.41) is 48.8. The van der Waals surface area contributed by atoms with Crippen LogP contribution >= 0.6 is 0 Å². The Balaban J connectivity index is 1.65. The van der Waals surface area contributed by atoms with Crippen molar-refractivity contribution in [2.24, 2.45) is 23.7 Å². The third kappa shape index (κ3) is 8.80. The molecule has 1 aliphatic carbocycles. The zero-order valence-corrected chi connectivity index (χ0v) is 34.6. The topological polar surface area (TPSA) is 240 Å². The number of ether oxygens (including phenoxy) is 5. The predicted molar refractivity (Wildman–Crippen MR) is 210 cm³/mol. The highest BCUT2D eigenvalue weighted by atomic mass is 16.7. The number of hydrogen-bond donors (Lipinski definition) is 6. The van der Waals surface area contributed by atoms with Crippen molar-refractivity contribution in [3.63, 3.8) is 0 Å². The number of nitrogens with zero attached hydrogens (tertiary/aromatic N) is 1. The predicted octanol–water partition coefficient (Wildman–Crippen LogP) is 2.45. The molecule has 0 saturated carbocycles. The van der Waals surface area contributed by atoms with Crippen LogP contribution in [0.5, 0.6) is 11.5 Å². The molecule has 5 bridgehead atoms. The number of fused-ring (bicyclic) bond motifs is 14. The monoisotopic (exact) mass is 825 g/mol. The van der Waals surface area contributed by atoms with Gasteiger partial charge in [0.05, 0.1) is 61.1 Å². The SMILES string of the molecule is CO[C@H]1C=CO[C@@]2(C)Oc3c(C)c(O)c4c(c3C2=O)C(=O)C(N2CCOCC2)=C(NC(=O)C(C)=CC=C[C@H](C)[C@H](O)[C@@H](C)[C@@H](O)[C@@H](C)[C@H](OC(=O)NCCO)[C@@H]1C)C4=O. The van der Waals surface area contributed by atoms with Crippen LogP contribution in [0.25, 0.3) is 0 Å². The Hall–Kier alpha value is -5.07. The third-order valence-corrected chi connectivity index (χ3v) is 11.6. The fourth-order valence-electron chi connectivity index (χ4n) is 7.90. The molecule has 17 nitrogen and oxygen atoms in total. The van der Waals surface area contributed by atoms with Gasteiger partial charge in [0, 0.05) is 68.5 Å². The van der Waals surface area contributed by atoms with Crippen molar-refractivity contribution in [2.75, 3.05) is 46.6 Å². The van der Waals surface area contributed by atoms with Crippen molar-refractivity contribution < 1.29 is 68.1 Å². The van der Waals surface area contributed by atoms with E-state index in [4.69, 9.17) is 23.7 Å². The Labute approximate surface area is 342 Å². The molecule has 6 N–H and O–H groups in total. The second kappa shape index (κ2) is 18.5. The Bertz CT molecular complexity index is 1970. The second-order valence-corrected chi connectivity index (χ2v) is 15.6. The Morgan fingerprint density at radius 2 is 1.64 bits per heavy atom. The van der Waals surface area contributed by atoms with E-state index in [1.165, 1.54) is 40.0 Å². The first-order chi connectivity index (χ1) is 27.9. The van der Waals surface area contributed by atoms with Crippen molar-refractivity contribution >= 4 is 29.4 Å². The molecule has 322 valence electrons. The number of carbonyl (C=O) groups is 5. The van der Waals surface area contributed by atoms with Crippen LogP contribution in [0, 0.1) is 30.6 Å². The summed E-state index contributed by atoms with van der Waals surface area (Å²) in [7, 11) is 1.40. The number of carbonyl (C=O) groups excluding carboxylic acids is 5. The molecule has 4 aliphatic heterocycles. The average molecular weight is 826 g/mol. The highest BCUT2D eigenvalue weighted by molar-refractivity contribution is 6.32. The smallest absolute Gasteiger partial charge is 0.407 e. The lowest BCUT2D eigenvalue weighted by atomic mass is 9.78. The molecule has 2 amide bonds. The summed E-state index contributed by atoms with van der Waals surface area (Å²) in [6.07, 6.45) is 2.11. The lowest BCUT2D eigenvalue weighted by Gasteiger charge is -2.38. The highest BCUT2D eigenvalue weighted by Crippen LogP contribution is 2.49. The number of hydrogen-bond acceptors (Lipinski definition) is 15. The summed E-state index contributed by atoms with van der Waals surface area (Å²) in [6, 6.07) is 0. The summed E-state index contributed by atoms with van der Waals surface area (Å²) in [6.45, 7) is 11.3. The van der Waals surface area contributed by atoms with E-state index in [0.29, 0.717) is 0 Å². The number of Topliss-reactive ketones (excluding diaryl/α,β-unsaturated/α-hetero) is 3. The molecule has 6 rings (SSSR count). The van der Waals surface area contributed by atoms with Crippen LogP contribution in [-0.2, 0) is 23.7 Å². The van der Waals surface area contributed by atoms with E-state index >= 15 is 0 Å². The fraction of sp³-hybridized carbons (Fsp3) is 0.548. The Kier molecular flexibility index (Phi) is 14.1. The van der Waals surface area contributed by atoms with Gasteiger partial charge in [-0.2, -0.15) is 0 Å². The summed E-state index contributed by atoms with van der Waals surface area (Å²) in [5.41, 5.74) is -1.59. The number of ketones is 3. The van der Waals surface area contributed by atoms with E-state index in [2.05, 4.69) is 10.6 Å². The highest BCUT2D eigenvalue weighted by Gasteiger charge is 2.53. The lowest BCUT2D eigenvalue weighted by Crippen LogP contribution is -2.48. The van der Waals surface area contributed by atoms with E-state index in [9.17, 15) is 44.4 Å². The number of aliphatic hydroxyl groups is 3. The summed E-state index contributed by atoms with van der Waals surface area (Å²) >= 11 is 0. The first-order valence-electron chi connectivity index (χ1n) is 19.6. The van der Waals surface area contributed by atoms with Crippen molar-refractivity contribution in [1.82, 2.24) is 15.5 Å². The van der Waals surface area contributed by atoms with Crippen LogP contribution in [-0.4, -0.2) is 131 Å². The second-order valence-electron chi connectivity index (χ2n) is 15.6. The minimum Gasteiger partial charge on any atom is -0.507 e. The molecule has 0 aromatic heterocycles. The number of methoxy groups -OCH3 is 1. The molecule has 9 atom stereocenters. The number of aromatic hydroxyl groups is 1. The zero-order valence-electron chi connectivity index (χ0n) is 34.6. The molecule has 1 aromatic carbocycles. The van der Waals surface area contributed by atoms with Crippen LogP contribution in [0.4, 0.5) is 4.79 Å². The number of allylic oxidation sites excluding steroid dienone is 4. The molecule has 1 aromatic rings. The van der Waals surface area contributed by atoms with Gasteiger partial charge in [-0.25, -0.2) is 4.79 Å². The number of benzene rings is 1. The summed E-state index contributed by atoms with van der Waals surface area (Å²) < 4.78 is 29.1. The van der Waals surface area contributed by atoms with E-state index in [0.717, 1.165) is 6.26 Å². The van der Waals surface area contributed by atoms with Crippen molar-refractivity contribution in [1.29, 1.82) is 0 Å². The van der Waals surface area contributed by atoms with Gasteiger partial charge >= 0.3 is 11.9 Å². The first-order valence-corrected chi connectivity index (χ1v) is 19.6. The van der Waals surface area contributed by atoms with Gasteiger partial charge in [-0.05, 0) is 19.9 Å². The molecule has 0 unspecified atom stereocenters. The zero-order chi connectivity index (χ0) is 43.5. The van der Waals surface area contributed by atoms with Crippen LogP contribution < -0.4 is 15.4 Å². The van der Waals surface area contributed by atoms with Gasteiger partial charge in [-0.3, -0.25) is 19.2 Å². The molecule has 1 saturated heterocycles. The maximum atomic E-state index is 14.7. The minimum absolute atomic E-state index is 0.0160. The molecule has 17 heteroatoms. The molecule has 4 heterocycles. The summed E-state index contributed by atoms with van der Waals surface area (Å²) in [5.74, 6) is -8.95.